The summed E-state index contributed by atoms with van der Waals surface area (Å²) in [6.45, 7) is 17.7. The number of ether oxygens (including phenoxy) is 2. The van der Waals surface area contributed by atoms with E-state index >= 15 is 0 Å². The molecule has 2 saturated heterocycles. The van der Waals surface area contributed by atoms with Crippen molar-refractivity contribution >= 4 is 0 Å². The Balaban J connectivity index is 1.43. The summed E-state index contributed by atoms with van der Waals surface area (Å²) in [5, 5.41) is 33.7. The van der Waals surface area contributed by atoms with Gasteiger partial charge in [-0.05, 0) is 114 Å². The molecule has 3 saturated carbocycles. The van der Waals surface area contributed by atoms with Gasteiger partial charge in [-0.25, -0.2) is 0 Å². The van der Waals surface area contributed by atoms with Crippen LogP contribution in [0.4, 0.5) is 0 Å². The molecule has 5 nitrogen and oxygen atoms in total. The van der Waals surface area contributed by atoms with Gasteiger partial charge in [0.2, 0.25) is 0 Å². The topological polar surface area (TPSA) is 82.5 Å². The first-order valence-corrected chi connectivity index (χ1v) is 14.4. The largest absolute Gasteiger partial charge is 0.390 e. The lowest BCUT2D eigenvalue weighted by Gasteiger charge is -2.56. The Kier molecular flexibility index (Phi) is 5.97. The highest BCUT2D eigenvalue weighted by molar-refractivity contribution is 5.16. The molecule has 35 heavy (non-hydrogen) atoms. The molecule has 0 aromatic rings. The van der Waals surface area contributed by atoms with Gasteiger partial charge in [-0.2, -0.15) is 0 Å². The minimum absolute atomic E-state index is 0.0126. The van der Waals surface area contributed by atoms with E-state index in [2.05, 4.69) is 27.7 Å². The third-order valence-electron chi connectivity index (χ3n) is 12.7. The average Bonchev–Trinajstić information content (AvgIpc) is 3.46. The first kappa shape index (κ1) is 26.4. The highest BCUT2D eigenvalue weighted by Gasteiger charge is 2.68. The first-order valence-electron chi connectivity index (χ1n) is 14.4. The lowest BCUT2D eigenvalue weighted by molar-refractivity contribution is -0.208. The average molecular weight is 493 g/mol. The van der Waals surface area contributed by atoms with Gasteiger partial charge in [-0.1, -0.05) is 27.7 Å². The van der Waals surface area contributed by atoms with Crippen LogP contribution in [0.15, 0.2) is 0 Å². The molecule has 5 heteroatoms. The standard InChI is InChI=1S/C30H52O5/c1-25(2)18-9-15-29(7,32)19(18)17-20-24(34-20)28(25,6)14-10-21-27(5)13-11-22(31)26(3,4)35-23(27)12-16-30(21,8)33/h18-24,31-33H,9-17H2,1-8H3/t18-,19-,20+,21-,22-,23?,24+,27-,28+,29-,30+/m1/s1. The van der Waals surface area contributed by atoms with Gasteiger partial charge < -0.3 is 24.8 Å². The summed E-state index contributed by atoms with van der Waals surface area (Å²) in [4.78, 5) is 0. The van der Waals surface area contributed by atoms with Crippen molar-refractivity contribution in [3.8, 4) is 0 Å². The number of hydrogen-bond donors (Lipinski definition) is 3. The maximum atomic E-state index is 11.7. The molecule has 0 aromatic carbocycles. The summed E-state index contributed by atoms with van der Waals surface area (Å²) < 4.78 is 13.0. The van der Waals surface area contributed by atoms with E-state index in [1.165, 1.54) is 0 Å². The van der Waals surface area contributed by atoms with E-state index in [1.807, 2.05) is 27.7 Å². The number of aliphatic hydroxyl groups excluding tert-OH is 1. The lowest BCUT2D eigenvalue weighted by Crippen LogP contribution is -2.57. The molecule has 202 valence electrons. The van der Waals surface area contributed by atoms with Crippen LogP contribution in [0.5, 0.6) is 0 Å². The Morgan fingerprint density at radius 1 is 0.800 bits per heavy atom. The predicted octanol–water partition coefficient (Wildman–Crippen LogP) is 5.23. The summed E-state index contributed by atoms with van der Waals surface area (Å²) in [6, 6.07) is 0. The molecule has 2 heterocycles. The van der Waals surface area contributed by atoms with Crippen molar-refractivity contribution in [2.45, 2.75) is 154 Å². The SMILES string of the molecule is CC1(C)OC2CC[C@](C)(O)[C@H](CC[C@@]3(C)[C@H]4O[C@H]4C[C@@H]4[C@@H](CC[C@@]4(C)O)C3(C)C)[C@@]2(C)CC[C@H]1O. The van der Waals surface area contributed by atoms with Crippen LogP contribution in [0.2, 0.25) is 0 Å². The fourth-order valence-electron chi connectivity index (χ4n) is 9.65. The van der Waals surface area contributed by atoms with Gasteiger partial charge in [0, 0.05) is 5.41 Å². The molecular weight excluding hydrogens is 440 g/mol. The van der Waals surface area contributed by atoms with Crippen LogP contribution in [0.25, 0.3) is 0 Å². The molecule has 1 unspecified atom stereocenters. The summed E-state index contributed by atoms with van der Waals surface area (Å²) in [6.07, 6.45) is 8.09. The van der Waals surface area contributed by atoms with Crippen LogP contribution < -0.4 is 0 Å². The third kappa shape index (κ3) is 3.88. The molecule has 5 rings (SSSR count). The molecule has 0 amide bonds. The highest BCUT2D eigenvalue weighted by atomic mass is 16.6. The van der Waals surface area contributed by atoms with Gasteiger partial charge in [0.25, 0.3) is 0 Å². The maximum absolute atomic E-state index is 11.7. The van der Waals surface area contributed by atoms with Crippen molar-refractivity contribution in [1.29, 1.82) is 0 Å². The number of hydrogen-bond acceptors (Lipinski definition) is 5. The van der Waals surface area contributed by atoms with Crippen LogP contribution in [-0.4, -0.2) is 56.5 Å². The molecule has 5 fully saturated rings. The molecule has 0 spiro atoms. The lowest BCUT2D eigenvalue weighted by atomic mass is 9.52. The number of fused-ring (bicyclic) bond motifs is 3. The molecule has 0 bridgehead atoms. The molecule has 3 aliphatic carbocycles. The van der Waals surface area contributed by atoms with E-state index in [0.717, 1.165) is 51.4 Å². The smallest absolute Gasteiger partial charge is 0.0900 e. The Hall–Kier alpha value is -0.200. The zero-order valence-electron chi connectivity index (χ0n) is 23.6. The summed E-state index contributed by atoms with van der Waals surface area (Å²) in [7, 11) is 0. The van der Waals surface area contributed by atoms with Gasteiger partial charge in [-0.3, -0.25) is 0 Å². The number of aliphatic hydroxyl groups is 3. The minimum Gasteiger partial charge on any atom is -0.390 e. The second-order valence-electron chi connectivity index (χ2n) is 15.3. The van der Waals surface area contributed by atoms with E-state index in [-0.39, 0.29) is 40.5 Å². The molecule has 0 aromatic heterocycles. The normalized spacial score (nSPS) is 56.8. The Bertz CT molecular complexity index is 833. The van der Waals surface area contributed by atoms with Crippen LogP contribution >= 0.6 is 0 Å². The van der Waals surface area contributed by atoms with Gasteiger partial charge in [0.15, 0.2) is 0 Å². The van der Waals surface area contributed by atoms with Crippen molar-refractivity contribution in [1.82, 2.24) is 0 Å². The van der Waals surface area contributed by atoms with E-state index in [0.29, 0.717) is 18.3 Å². The Morgan fingerprint density at radius 3 is 2.14 bits per heavy atom. The van der Waals surface area contributed by atoms with Crippen molar-refractivity contribution in [2.24, 2.45) is 34.0 Å². The van der Waals surface area contributed by atoms with E-state index in [9.17, 15) is 15.3 Å². The summed E-state index contributed by atoms with van der Waals surface area (Å²) in [5.74, 6) is 0.893. The molecule has 3 N–H and O–H groups in total. The fraction of sp³-hybridized carbons (Fsp3) is 1.00. The van der Waals surface area contributed by atoms with Crippen molar-refractivity contribution in [2.75, 3.05) is 0 Å². The van der Waals surface area contributed by atoms with Crippen molar-refractivity contribution < 1.29 is 24.8 Å². The molecular formula is C30H52O5. The van der Waals surface area contributed by atoms with Gasteiger partial charge >= 0.3 is 0 Å². The second-order valence-corrected chi connectivity index (χ2v) is 15.3. The zero-order chi connectivity index (χ0) is 25.8. The van der Waals surface area contributed by atoms with Crippen molar-refractivity contribution in [3.63, 3.8) is 0 Å². The fourth-order valence-corrected chi connectivity index (χ4v) is 9.65. The quantitative estimate of drug-likeness (QED) is 0.470. The van der Waals surface area contributed by atoms with Crippen LogP contribution in [0, 0.1) is 34.0 Å². The van der Waals surface area contributed by atoms with Crippen LogP contribution in [0.1, 0.15) is 113 Å². The first-order chi connectivity index (χ1) is 16.0. The highest BCUT2D eigenvalue weighted by Crippen LogP contribution is 2.67. The van der Waals surface area contributed by atoms with Gasteiger partial charge in [-0.15, -0.1) is 0 Å². The Morgan fingerprint density at radius 2 is 1.46 bits per heavy atom. The third-order valence-corrected chi connectivity index (χ3v) is 12.7. The number of rotatable bonds is 3. The van der Waals surface area contributed by atoms with Crippen LogP contribution in [0.3, 0.4) is 0 Å². The summed E-state index contributed by atoms with van der Waals surface area (Å²) >= 11 is 0. The predicted molar refractivity (Wildman–Crippen MR) is 137 cm³/mol. The minimum atomic E-state index is -0.747. The molecule has 0 radical (unpaired) electrons. The monoisotopic (exact) mass is 492 g/mol. The van der Waals surface area contributed by atoms with E-state index in [1.54, 1.807) is 0 Å². The van der Waals surface area contributed by atoms with Gasteiger partial charge in [0.1, 0.15) is 0 Å². The van der Waals surface area contributed by atoms with E-state index < -0.39 is 22.9 Å². The van der Waals surface area contributed by atoms with Crippen molar-refractivity contribution in [3.05, 3.63) is 0 Å². The van der Waals surface area contributed by atoms with E-state index in [4.69, 9.17) is 9.47 Å². The number of epoxide rings is 1. The van der Waals surface area contributed by atoms with Gasteiger partial charge in [0.05, 0.1) is 41.2 Å². The Labute approximate surface area is 213 Å². The molecule has 11 atom stereocenters. The molecule has 5 aliphatic rings. The maximum Gasteiger partial charge on any atom is 0.0900 e. The van der Waals surface area contributed by atoms with Crippen LogP contribution in [-0.2, 0) is 9.47 Å². The second kappa shape index (κ2) is 7.91. The zero-order valence-corrected chi connectivity index (χ0v) is 23.6. The summed E-state index contributed by atoms with van der Waals surface area (Å²) in [5.41, 5.74) is -2.06. The molecule has 2 aliphatic heterocycles.